The largest absolute Gasteiger partial charge is 0.498 e. The fourth-order valence-corrected chi connectivity index (χ4v) is 1.83. The van der Waals surface area contributed by atoms with Crippen molar-refractivity contribution in [1.82, 2.24) is 0 Å². The molecule has 110 valence electrons. The van der Waals surface area contributed by atoms with Crippen molar-refractivity contribution in [3.63, 3.8) is 0 Å². The molecule has 0 unspecified atom stereocenters. The molecule has 0 aromatic heterocycles. The van der Waals surface area contributed by atoms with E-state index in [1.54, 1.807) is 6.92 Å². The lowest BCUT2D eigenvalue weighted by Gasteiger charge is -2.13. The number of nitrogens with one attached hydrogen (secondary N) is 1. The van der Waals surface area contributed by atoms with Gasteiger partial charge in [-0.05, 0) is 6.92 Å². The van der Waals surface area contributed by atoms with Crippen LogP contribution < -0.4 is 5.32 Å². The van der Waals surface area contributed by atoms with Crippen LogP contribution in [0.5, 0.6) is 0 Å². The first-order valence-corrected chi connectivity index (χ1v) is 6.10. The molecule has 0 aliphatic heterocycles. The van der Waals surface area contributed by atoms with Crippen molar-refractivity contribution < 1.29 is 22.7 Å². The van der Waals surface area contributed by atoms with Gasteiger partial charge in [-0.25, -0.2) is 13.2 Å². The molecule has 0 saturated carbocycles. The maximum Gasteiger partial charge on any atom is 0.184 e. The topological polar surface area (TPSA) is 38.3 Å². The molecule has 1 aromatic rings. The van der Waals surface area contributed by atoms with E-state index in [1.807, 2.05) is 0 Å². The number of halogens is 4. The predicted molar refractivity (Wildman–Crippen MR) is 70.6 cm³/mol. The molecule has 1 aromatic carbocycles. The number of Topliss-reactive ketones (excluding diaryl/α,β-unsaturated/α-hetero) is 1. The number of rotatable bonds is 6. The normalized spacial score (nSPS) is 10.3. The van der Waals surface area contributed by atoms with Gasteiger partial charge in [0.1, 0.15) is 5.02 Å². The Balaban J connectivity index is 3.30. The minimum absolute atomic E-state index is 0.0970. The quantitative estimate of drug-likeness (QED) is 0.375. The summed E-state index contributed by atoms with van der Waals surface area (Å²) in [5.41, 5.74) is -1.24. The number of allylic oxidation sites excluding steroid dienone is 1. The second-order valence-electron chi connectivity index (χ2n) is 3.83. The van der Waals surface area contributed by atoms with E-state index in [-0.39, 0.29) is 18.8 Å². The molecule has 1 N–H and O–H groups in total. The van der Waals surface area contributed by atoms with Crippen LogP contribution in [0.2, 0.25) is 5.02 Å². The zero-order chi connectivity index (χ0) is 15.4. The van der Waals surface area contributed by atoms with Crippen molar-refractivity contribution in [2.75, 3.05) is 19.0 Å². The SMILES string of the molecule is C=C(CC(=O)c1c(F)c(Cl)c(F)c(F)c1NC)OCC. The minimum atomic E-state index is -1.55. The van der Waals surface area contributed by atoms with Gasteiger partial charge in [0.15, 0.2) is 23.2 Å². The Morgan fingerprint density at radius 2 is 1.90 bits per heavy atom. The summed E-state index contributed by atoms with van der Waals surface area (Å²) < 4.78 is 45.9. The van der Waals surface area contributed by atoms with Gasteiger partial charge in [-0.1, -0.05) is 18.2 Å². The van der Waals surface area contributed by atoms with Crippen molar-refractivity contribution in [1.29, 1.82) is 0 Å². The van der Waals surface area contributed by atoms with Gasteiger partial charge in [-0.15, -0.1) is 0 Å². The third-order valence-corrected chi connectivity index (χ3v) is 2.83. The smallest absolute Gasteiger partial charge is 0.184 e. The van der Waals surface area contributed by atoms with Crippen LogP contribution in [-0.2, 0) is 4.74 Å². The lowest BCUT2D eigenvalue weighted by atomic mass is 10.0. The van der Waals surface area contributed by atoms with Gasteiger partial charge in [0, 0.05) is 7.05 Å². The average Bonchev–Trinajstić information content (AvgIpc) is 2.40. The molecule has 0 bridgehead atoms. The number of carbonyl (C=O) groups is 1. The Morgan fingerprint density at radius 3 is 2.40 bits per heavy atom. The van der Waals surface area contributed by atoms with Crippen molar-refractivity contribution in [3.8, 4) is 0 Å². The summed E-state index contributed by atoms with van der Waals surface area (Å²) in [4.78, 5) is 12.0. The van der Waals surface area contributed by atoms with Crippen LogP contribution in [0.4, 0.5) is 18.9 Å². The molecule has 0 aliphatic rings. The van der Waals surface area contributed by atoms with Crippen LogP contribution >= 0.6 is 11.6 Å². The fourth-order valence-electron chi connectivity index (χ4n) is 1.65. The van der Waals surface area contributed by atoms with Crippen LogP contribution in [0.25, 0.3) is 0 Å². The van der Waals surface area contributed by atoms with Crippen LogP contribution in [0.1, 0.15) is 23.7 Å². The van der Waals surface area contributed by atoms with Crippen molar-refractivity contribution >= 4 is 23.1 Å². The molecule has 0 saturated heterocycles. The standard InChI is InChI=1S/C13H13ClF3NO2/c1-4-20-6(2)5-7(19)8-10(15)9(14)11(16)12(17)13(8)18-3/h18H,2,4-5H2,1,3H3. The molecule has 0 spiro atoms. The number of ether oxygens (including phenoxy) is 1. The van der Waals surface area contributed by atoms with Gasteiger partial charge in [-0.3, -0.25) is 4.79 Å². The number of anilines is 1. The van der Waals surface area contributed by atoms with Gasteiger partial charge in [0.05, 0.1) is 30.0 Å². The molecular formula is C13H13ClF3NO2. The second-order valence-corrected chi connectivity index (χ2v) is 4.21. The third kappa shape index (κ3) is 3.07. The molecular weight excluding hydrogens is 295 g/mol. The highest BCUT2D eigenvalue weighted by Gasteiger charge is 2.27. The van der Waals surface area contributed by atoms with E-state index >= 15 is 0 Å². The summed E-state index contributed by atoms with van der Waals surface area (Å²) in [5, 5.41) is 1.19. The number of hydrogen-bond donors (Lipinski definition) is 1. The zero-order valence-electron chi connectivity index (χ0n) is 10.9. The average molecular weight is 308 g/mol. The maximum atomic E-state index is 13.9. The predicted octanol–water partition coefficient (Wildman–Crippen LogP) is 3.92. The maximum absolute atomic E-state index is 13.9. The molecule has 0 amide bonds. The molecule has 7 heteroatoms. The Labute approximate surface area is 119 Å². The summed E-state index contributed by atoms with van der Waals surface area (Å²) >= 11 is 5.34. The molecule has 0 fully saturated rings. The first kappa shape index (κ1) is 16.4. The highest BCUT2D eigenvalue weighted by Crippen LogP contribution is 2.33. The van der Waals surface area contributed by atoms with Crippen molar-refractivity contribution in [2.24, 2.45) is 0 Å². The molecule has 0 atom stereocenters. The van der Waals surface area contributed by atoms with Crippen molar-refractivity contribution in [2.45, 2.75) is 13.3 Å². The van der Waals surface area contributed by atoms with E-state index in [1.165, 1.54) is 7.05 Å². The summed E-state index contributed by atoms with van der Waals surface area (Å²) in [6.07, 6.45) is -0.360. The molecule has 0 heterocycles. The van der Waals surface area contributed by atoms with E-state index < -0.39 is 39.5 Å². The fraction of sp³-hybridized carbons (Fsp3) is 0.308. The van der Waals surface area contributed by atoms with Gasteiger partial charge in [-0.2, -0.15) is 0 Å². The van der Waals surface area contributed by atoms with Gasteiger partial charge >= 0.3 is 0 Å². The third-order valence-electron chi connectivity index (χ3n) is 2.50. The summed E-state index contributed by atoms with van der Waals surface area (Å²) in [6.45, 7) is 5.44. The molecule has 3 nitrogen and oxygen atoms in total. The number of carbonyl (C=O) groups excluding carboxylic acids is 1. The van der Waals surface area contributed by atoms with E-state index in [0.717, 1.165) is 0 Å². The summed E-state index contributed by atoms with van der Waals surface area (Å²) in [6, 6.07) is 0. The van der Waals surface area contributed by atoms with E-state index in [2.05, 4.69) is 11.9 Å². The number of benzene rings is 1. The van der Waals surface area contributed by atoms with E-state index in [9.17, 15) is 18.0 Å². The van der Waals surface area contributed by atoms with E-state index in [4.69, 9.17) is 16.3 Å². The highest BCUT2D eigenvalue weighted by molar-refractivity contribution is 6.31. The molecule has 0 aliphatic carbocycles. The summed E-state index contributed by atoms with van der Waals surface area (Å²) in [5.74, 6) is -4.99. The van der Waals surface area contributed by atoms with Gasteiger partial charge in [0.25, 0.3) is 0 Å². The van der Waals surface area contributed by atoms with Crippen LogP contribution in [-0.4, -0.2) is 19.4 Å². The molecule has 1 rings (SSSR count). The second kappa shape index (κ2) is 6.65. The Kier molecular flexibility index (Phi) is 5.44. The number of hydrogen-bond acceptors (Lipinski definition) is 3. The zero-order valence-corrected chi connectivity index (χ0v) is 11.7. The van der Waals surface area contributed by atoms with Gasteiger partial charge in [0.2, 0.25) is 0 Å². The lowest BCUT2D eigenvalue weighted by molar-refractivity contribution is 0.0961. The monoisotopic (exact) mass is 307 g/mol. The van der Waals surface area contributed by atoms with Crippen LogP contribution in [0, 0.1) is 17.5 Å². The highest BCUT2D eigenvalue weighted by atomic mass is 35.5. The van der Waals surface area contributed by atoms with Crippen molar-refractivity contribution in [3.05, 3.63) is 40.4 Å². The lowest BCUT2D eigenvalue weighted by Crippen LogP contribution is -2.12. The molecule has 20 heavy (non-hydrogen) atoms. The first-order valence-electron chi connectivity index (χ1n) is 5.72. The van der Waals surface area contributed by atoms with Crippen LogP contribution in [0.15, 0.2) is 12.3 Å². The van der Waals surface area contributed by atoms with Crippen LogP contribution in [0.3, 0.4) is 0 Å². The van der Waals surface area contributed by atoms with Gasteiger partial charge < -0.3 is 10.1 Å². The summed E-state index contributed by atoms with van der Waals surface area (Å²) in [7, 11) is 1.24. The Morgan fingerprint density at radius 1 is 1.30 bits per heavy atom. The number of ketones is 1. The Bertz CT molecular complexity index is 561. The van der Waals surface area contributed by atoms with E-state index in [0.29, 0.717) is 0 Å². The Hall–Kier alpha value is -1.69. The first-order chi connectivity index (χ1) is 9.34. The molecule has 0 radical (unpaired) electrons. The minimum Gasteiger partial charge on any atom is -0.498 e.